The van der Waals surface area contributed by atoms with Gasteiger partial charge in [0.2, 0.25) is 0 Å². The van der Waals surface area contributed by atoms with Crippen molar-refractivity contribution in [1.82, 2.24) is 14.5 Å². The molecule has 2 N–H and O–H groups in total. The smallest absolute Gasteiger partial charge is 0.329 e. The number of benzene rings is 2. The molecule has 0 bridgehead atoms. The van der Waals surface area contributed by atoms with Crippen molar-refractivity contribution in [2.75, 3.05) is 0 Å². The first-order chi connectivity index (χ1) is 12.8. The van der Waals surface area contributed by atoms with Gasteiger partial charge in [0.15, 0.2) is 0 Å². The van der Waals surface area contributed by atoms with Gasteiger partial charge in [-0.25, -0.2) is 18.7 Å². The van der Waals surface area contributed by atoms with Crippen molar-refractivity contribution in [3.8, 4) is 0 Å². The molecule has 2 heterocycles. The lowest BCUT2D eigenvalue weighted by Gasteiger charge is -2.09. The molecule has 0 amide bonds. The Bertz CT molecular complexity index is 1200. The molecule has 0 unspecified atom stereocenters. The van der Waals surface area contributed by atoms with E-state index in [0.29, 0.717) is 28.7 Å². The molecule has 0 fully saturated rings. The Balaban J connectivity index is 1.80. The topological polar surface area (TPSA) is 88.2 Å². The molecule has 0 saturated heterocycles. The molecule has 4 rings (SSSR count). The predicted molar refractivity (Wildman–Crippen MR) is 96.2 cm³/mol. The Morgan fingerprint density at radius 1 is 1.04 bits per heavy atom. The average Bonchev–Trinajstić information content (AvgIpc) is 2.89. The van der Waals surface area contributed by atoms with Gasteiger partial charge < -0.3 is 14.4 Å². The second-order valence-electron chi connectivity index (χ2n) is 6.26. The summed E-state index contributed by atoms with van der Waals surface area (Å²) in [4.78, 5) is 26.2. The molecule has 0 atom stereocenters. The molecular formula is C18H14F2N3O3P. The molecule has 0 aliphatic heterocycles. The van der Waals surface area contributed by atoms with Gasteiger partial charge in [0.1, 0.15) is 23.5 Å². The fraction of sp³-hybridized carbons (Fsp3) is 0.111. The van der Waals surface area contributed by atoms with E-state index in [9.17, 15) is 13.3 Å². The molecule has 0 spiro atoms. The highest BCUT2D eigenvalue weighted by atomic mass is 31.2. The average molecular weight is 389 g/mol. The van der Waals surface area contributed by atoms with Crippen LogP contribution in [0.25, 0.3) is 21.9 Å². The first-order valence-corrected chi connectivity index (χ1v) is 9.81. The summed E-state index contributed by atoms with van der Waals surface area (Å²) in [6, 6.07) is 8.78. The first kappa shape index (κ1) is 17.7. The number of hydrogen-bond donors (Lipinski definition) is 2. The van der Waals surface area contributed by atoms with Crippen LogP contribution in [0.4, 0.5) is 8.78 Å². The molecule has 2 aromatic carbocycles. The number of hydrogen-bond acceptors (Lipinski definition) is 3. The molecular weight excluding hydrogens is 375 g/mol. The van der Waals surface area contributed by atoms with E-state index in [1.165, 1.54) is 12.4 Å². The van der Waals surface area contributed by atoms with Gasteiger partial charge in [-0.2, -0.15) is 0 Å². The zero-order valence-corrected chi connectivity index (χ0v) is 14.8. The van der Waals surface area contributed by atoms with E-state index < -0.39 is 19.2 Å². The molecule has 4 aromatic rings. The van der Waals surface area contributed by atoms with Crippen molar-refractivity contribution < 1.29 is 23.1 Å². The summed E-state index contributed by atoms with van der Waals surface area (Å²) in [5, 5.41) is 0.229. The quantitative estimate of drug-likeness (QED) is 0.521. The van der Waals surface area contributed by atoms with Crippen LogP contribution in [0.2, 0.25) is 0 Å². The minimum Gasteiger partial charge on any atom is -0.333 e. The Labute approximate surface area is 152 Å². The van der Waals surface area contributed by atoms with E-state index >= 15 is 0 Å². The fourth-order valence-corrected chi connectivity index (χ4v) is 3.88. The molecule has 0 aliphatic rings. The molecule has 27 heavy (non-hydrogen) atoms. The van der Waals surface area contributed by atoms with E-state index in [-0.39, 0.29) is 11.5 Å². The molecule has 2 aromatic heterocycles. The van der Waals surface area contributed by atoms with Crippen LogP contribution < -0.4 is 0 Å². The number of rotatable bonds is 4. The van der Waals surface area contributed by atoms with Crippen molar-refractivity contribution in [2.45, 2.75) is 12.7 Å². The first-order valence-electron chi connectivity index (χ1n) is 8.01. The Morgan fingerprint density at radius 2 is 1.74 bits per heavy atom. The number of nitrogens with zero attached hydrogens (tertiary/aromatic N) is 3. The third-order valence-corrected chi connectivity index (χ3v) is 5.07. The van der Waals surface area contributed by atoms with Crippen LogP contribution in [0.3, 0.4) is 0 Å². The standard InChI is InChI=1S/C18H14F2N3O3P/c19-13-5-14(20)17-15(6-13)23(16-7-21-10-22-18(16)17)8-11-1-3-12(4-2-11)9-27(24,25)26/h1-7,10H,8-9H2,(H2,24,25,26). The highest BCUT2D eigenvalue weighted by Crippen LogP contribution is 2.39. The van der Waals surface area contributed by atoms with Crippen molar-refractivity contribution >= 4 is 29.5 Å². The summed E-state index contributed by atoms with van der Waals surface area (Å²) in [7, 11) is -4.14. The minimum absolute atomic E-state index is 0.229. The van der Waals surface area contributed by atoms with Crippen LogP contribution in [-0.4, -0.2) is 24.3 Å². The van der Waals surface area contributed by atoms with Crippen molar-refractivity contribution in [2.24, 2.45) is 0 Å². The van der Waals surface area contributed by atoms with Crippen LogP contribution in [0.15, 0.2) is 48.9 Å². The SMILES string of the molecule is O=P(O)(O)Cc1ccc(Cn2c3cncnc3c3c(F)cc(F)cc32)cc1. The minimum atomic E-state index is -4.14. The molecule has 0 radical (unpaired) electrons. The zero-order chi connectivity index (χ0) is 19.2. The molecule has 9 heteroatoms. The summed E-state index contributed by atoms with van der Waals surface area (Å²) in [6.07, 6.45) is 2.51. The summed E-state index contributed by atoms with van der Waals surface area (Å²) >= 11 is 0. The summed E-state index contributed by atoms with van der Waals surface area (Å²) < 4.78 is 41.0. The maximum Gasteiger partial charge on any atom is 0.329 e. The lowest BCUT2D eigenvalue weighted by Crippen LogP contribution is -2.00. The van der Waals surface area contributed by atoms with E-state index in [0.717, 1.165) is 11.6 Å². The van der Waals surface area contributed by atoms with Gasteiger partial charge in [-0.15, -0.1) is 0 Å². The molecule has 0 saturated carbocycles. The van der Waals surface area contributed by atoms with E-state index in [2.05, 4.69) is 9.97 Å². The van der Waals surface area contributed by atoms with E-state index in [1.807, 2.05) is 0 Å². The molecule has 0 aliphatic carbocycles. The van der Waals surface area contributed by atoms with Gasteiger partial charge in [-0.3, -0.25) is 4.57 Å². The summed E-state index contributed by atoms with van der Waals surface area (Å²) in [5.74, 6) is -1.38. The Hall–Kier alpha value is -2.67. The van der Waals surface area contributed by atoms with Crippen LogP contribution >= 0.6 is 7.60 Å². The van der Waals surface area contributed by atoms with Crippen LogP contribution in [-0.2, 0) is 17.3 Å². The Morgan fingerprint density at radius 3 is 2.44 bits per heavy atom. The third-order valence-electron chi connectivity index (χ3n) is 4.30. The van der Waals surface area contributed by atoms with Crippen molar-refractivity contribution in [1.29, 1.82) is 0 Å². The molecule has 6 nitrogen and oxygen atoms in total. The van der Waals surface area contributed by atoms with Gasteiger partial charge in [-0.1, -0.05) is 24.3 Å². The van der Waals surface area contributed by atoms with Gasteiger partial charge in [0.05, 0.1) is 28.8 Å². The predicted octanol–water partition coefficient (Wildman–Crippen LogP) is 3.59. The highest BCUT2D eigenvalue weighted by Gasteiger charge is 2.18. The van der Waals surface area contributed by atoms with Crippen molar-refractivity contribution in [3.63, 3.8) is 0 Å². The lowest BCUT2D eigenvalue weighted by atomic mass is 10.1. The third kappa shape index (κ3) is 3.47. The highest BCUT2D eigenvalue weighted by molar-refractivity contribution is 7.50. The second kappa shape index (κ2) is 6.49. The number of fused-ring (bicyclic) bond motifs is 3. The van der Waals surface area contributed by atoms with Gasteiger partial charge >= 0.3 is 7.60 Å². The molecule has 138 valence electrons. The largest absolute Gasteiger partial charge is 0.333 e. The van der Waals surface area contributed by atoms with Gasteiger partial charge in [-0.05, 0) is 17.2 Å². The van der Waals surface area contributed by atoms with E-state index in [1.54, 1.807) is 35.0 Å². The number of halogens is 2. The van der Waals surface area contributed by atoms with E-state index in [4.69, 9.17) is 9.79 Å². The summed E-state index contributed by atoms with van der Waals surface area (Å²) in [5.41, 5.74) is 2.64. The zero-order valence-electron chi connectivity index (χ0n) is 13.9. The maximum atomic E-state index is 14.4. The van der Waals surface area contributed by atoms with Gasteiger partial charge in [0, 0.05) is 12.6 Å². The van der Waals surface area contributed by atoms with Gasteiger partial charge in [0.25, 0.3) is 0 Å². The monoisotopic (exact) mass is 389 g/mol. The summed E-state index contributed by atoms with van der Waals surface area (Å²) in [6.45, 7) is 0.298. The van der Waals surface area contributed by atoms with Crippen LogP contribution in [0.5, 0.6) is 0 Å². The van der Waals surface area contributed by atoms with Crippen LogP contribution in [0, 0.1) is 11.6 Å². The number of aromatic nitrogens is 3. The normalized spacial score (nSPS) is 12.1. The Kier molecular flexibility index (Phi) is 4.26. The van der Waals surface area contributed by atoms with Crippen LogP contribution in [0.1, 0.15) is 11.1 Å². The fourth-order valence-electron chi connectivity index (χ4n) is 3.19. The lowest BCUT2D eigenvalue weighted by molar-refractivity contribution is 0.371. The van der Waals surface area contributed by atoms with Crippen molar-refractivity contribution in [3.05, 3.63) is 71.7 Å². The second-order valence-corrected chi connectivity index (χ2v) is 7.91. The maximum absolute atomic E-state index is 14.4.